The van der Waals surface area contributed by atoms with E-state index in [0.29, 0.717) is 17.4 Å². The van der Waals surface area contributed by atoms with Gasteiger partial charge < -0.3 is 23.0 Å². The van der Waals surface area contributed by atoms with Crippen molar-refractivity contribution in [2.24, 2.45) is 0 Å². The summed E-state index contributed by atoms with van der Waals surface area (Å²) < 4.78 is 23.7. The Morgan fingerprint density at radius 2 is 1.74 bits per heavy atom. The van der Waals surface area contributed by atoms with Crippen LogP contribution < -0.4 is 4.89 Å². The van der Waals surface area contributed by atoms with Crippen molar-refractivity contribution in [2.75, 3.05) is 40.9 Å². The molecule has 7 heteroatoms. The van der Waals surface area contributed by atoms with Crippen LogP contribution in [0, 0.1) is 0 Å². The van der Waals surface area contributed by atoms with Crippen molar-refractivity contribution in [2.45, 2.75) is 13.0 Å². The van der Waals surface area contributed by atoms with Crippen LogP contribution in [0.2, 0.25) is 0 Å². The molecule has 0 saturated carbocycles. The molecule has 110 valence electrons. The summed E-state index contributed by atoms with van der Waals surface area (Å²) in [7, 11) is 1.75. The molecule has 0 N–H and O–H groups in total. The van der Waals surface area contributed by atoms with Gasteiger partial charge in [0.25, 0.3) is 7.82 Å². The number of phosphoric acid groups is 1. The summed E-state index contributed by atoms with van der Waals surface area (Å²) >= 11 is 0. The number of likely N-dealkylation sites (N-methyl/N-ethyl adjacent to an activating group) is 1. The molecule has 1 aromatic heterocycles. The molecule has 0 fully saturated rings. The average molecular weight is 290 g/mol. The van der Waals surface area contributed by atoms with E-state index in [1.807, 2.05) is 50.2 Å². The molecule has 1 aromatic rings. The monoisotopic (exact) mass is 290 g/mol. The van der Waals surface area contributed by atoms with Crippen LogP contribution in [0.15, 0.2) is 24.5 Å². The van der Waals surface area contributed by atoms with Gasteiger partial charge in [-0.05, 0) is 18.6 Å². The van der Waals surface area contributed by atoms with Gasteiger partial charge in [-0.25, -0.2) is 0 Å². The summed E-state index contributed by atoms with van der Waals surface area (Å²) in [5, 5.41) is 0. The van der Waals surface area contributed by atoms with Crippen LogP contribution in [0.3, 0.4) is 0 Å². The van der Waals surface area contributed by atoms with Gasteiger partial charge in [0.05, 0.1) is 27.7 Å². The van der Waals surface area contributed by atoms with Crippen LogP contribution in [-0.4, -0.2) is 50.0 Å². The Kier molecular flexibility index (Phi) is 6.23. The molecule has 0 spiro atoms. The summed E-state index contributed by atoms with van der Waals surface area (Å²) in [5.41, 5.74) is 0. The fourth-order valence-corrected chi connectivity index (χ4v) is 2.14. The minimum Gasteiger partial charge on any atom is -0.756 e. The topological polar surface area (TPSA) is 63.5 Å². The minimum atomic E-state index is -4.15. The fraction of sp³-hybridized carbons (Fsp3) is 0.667. The number of aryl methyl sites for hydroxylation is 1. The van der Waals surface area contributed by atoms with Crippen molar-refractivity contribution in [3.8, 4) is 0 Å². The predicted molar refractivity (Wildman–Crippen MR) is 71.5 cm³/mol. The van der Waals surface area contributed by atoms with Crippen LogP contribution in [0.1, 0.15) is 6.42 Å². The summed E-state index contributed by atoms with van der Waals surface area (Å²) in [6, 6.07) is 3.85. The number of hydrogen-bond donors (Lipinski definition) is 0. The lowest BCUT2D eigenvalue weighted by molar-refractivity contribution is -0.870. The third kappa shape index (κ3) is 8.18. The van der Waals surface area contributed by atoms with Crippen molar-refractivity contribution >= 4 is 7.82 Å². The number of hydrogen-bond acceptors (Lipinski definition) is 4. The molecule has 0 aliphatic rings. The second-order valence-corrected chi connectivity index (χ2v) is 6.81. The molecule has 1 rings (SSSR count). The van der Waals surface area contributed by atoms with Gasteiger partial charge >= 0.3 is 0 Å². The van der Waals surface area contributed by atoms with Crippen LogP contribution in [0.5, 0.6) is 0 Å². The first-order valence-corrected chi connectivity index (χ1v) is 7.76. The van der Waals surface area contributed by atoms with Gasteiger partial charge in [-0.3, -0.25) is 4.57 Å². The first-order chi connectivity index (χ1) is 8.79. The van der Waals surface area contributed by atoms with Gasteiger partial charge in [-0.1, -0.05) is 0 Å². The fourth-order valence-electron chi connectivity index (χ4n) is 1.41. The van der Waals surface area contributed by atoms with Gasteiger partial charge in [0, 0.05) is 18.9 Å². The Balaban J connectivity index is 2.14. The van der Waals surface area contributed by atoms with E-state index in [1.165, 1.54) is 0 Å². The van der Waals surface area contributed by atoms with E-state index in [4.69, 9.17) is 9.05 Å². The second-order valence-electron chi connectivity index (χ2n) is 5.40. The Bertz CT molecular complexity index is 400. The molecule has 1 atom stereocenters. The number of rotatable bonds is 9. The Morgan fingerprint density at radius 3 is 2.32 bits per heavy atom. The molecule has 0 amide bonds. The average Bonchev–Trinajstić information content (AvgIpc) is 2.75. The molecule has 1 unspecified atom stereocenters. The van der Waals surface area contributed by atoms with E-state index in [9.17, 15) is 9.46 Å². The Labute approximate surface area is 114 Å². The molecule has 0 aliphatic carbocycles. The lowest BCUT2D eigenvalue weighted by atomic mass is 10.4. The maximum absolute atomic E-state index is 11.4. The van der Waals surface area contributed by atoms with E-state index in [-0.39, 0.29) is 13.2 Å². The molecular weight excluding hydrogens is 267 g/mol. The zero-order valence-corrected chi connectivity index (χ0v) is 12.7. The number of quaternary nitrogens is 1. The summed E-state index contributed by atoms with van der Waals surface area (Å²) in [6.07, 6.45) is 4.47. The maximum atomic E-state index is 11.4. The molecular formula is C12H23N2O4P. The first kappa shape index (κ1) is 16.4. The van der Waals surface area contributed by atoms with E-state index in [0.717, 1.165) is 6.54 Å². The van der Waals surface area contributed by atoms with Crippen molar-refractivity contribution < 1.29 is 23.0 Å². The van der Waals surface area contributed by atoms with Crippen LogP contribution in [0.25, 0.3) is 0 Å². The van der Waals surface area contributed by atoms with Gasteiger partial charge in [0.2, 0.25) is 0 Å². The Hall–Kier alpha value is -0.650. The van der Waals surface area contributed by atoms with Crippen molar-refractivity contribution in [3.63, 3.8) is 0 Å². The molecule has 6 nitrogen and oxygen atoms in total. The second kappa shape index (κ2) is 7.22. The number of nitrogens with zero attached hydrogens (tertiary/aromatic N) is 2. The summed E-state index contributed by atoms with van der Waals surface area (Å²) in [4.78, 5) is 11.4. The highest BCUT2D eigenvalue weighted by molar-refractivity contribution is 7.45. The maximum Gasteiger partial charge on any atom is 0.268 e. The molecule has 0 aliphatic heterocycles. The highest BCUT2D eigenvalue weighted by Gasteiger charge is 2.12. The molecule has 0 radical (unpaired) electrons. The quantitative estimate of drug-likeness (QED) is 0.388. The summed E-state index contributed by atoms with van der Waals surface area (Å²) in [5.74, 6) is 0. The zero-order chi connectivity index (χ0) is 14.4. The molecule has 0 aromatic carbocycles. The molecule has 1 heterocycles. The van der Waals surface area contributed by atoms with E-state index in [1.54, 1.807) is 0 Å². The third-order valence-electron chi connectivity index (χ3n) is 2.49. The standard InChI is InChI=1S/C12H23N2O4P/c1-14(2,3)10-12-18-19(15,16)17-11-6-9-13-7-4-5-8-13/h4-5,7-8H,6,9-12H2,1-3H3. The lowest BCUT2D eigenvalue weighted by Gasteiger charge is -2.27. The van der Waals surface area contributed by atoms with E-state index in [2.05, 4.69) is 0 Å². The van der Waals surface area contributed by atoms with Gasteiger partial charge in [-0.15, -0.1) is 0 Å². The minimum absolute atomic E-state index is 0.141. The van der Waals surface area contributed by atoms with Crippen molar-refractivity contribution in [1.29, 1.82) is 0 Å². The van der Waals surface area contributed by atoms with Crippen molar-refractivity contribution in [3.05, 3.63) is 24.5 Å². The highest BCUT2D eigenvalue weighted by Crippen LogP contribution is 2.38. The molecule has 0 saturated heterocycles. The summed E-state index contributed by atoms with van der Waals surface area (Å²) in [6.45, 7) is 1.62. The number of phosphoric ester groups is 1. The number of aromatic nitrogens is 1. The van der Waals surface area contributed by atoms with E-state index < -0.39 is 7.82 Å². The lowest BCUT2D eigenvalue weighted by Crippen LogP contribution is -2.37. The molecule has 19 heavy (non-hydrogen) atoms. The predicted octanol–water partition coefficient (Wildman–Crippen LogP) is 1.09. The largest absolute Gasteiger partial charge is 0.756 e. The first-order valence-electron chi connectivity index (χ1n) is 6.30. The Morgan fingerprint density at radius 1 is 1.16 bits per heavy atom. The van der Waals surface area contributed by atoms with Gasteiger partial charge in [0.15, 0.2) is 0 Å². The normalized spacial score (nSPS) is 15.4. The van der Waals surface area contributed by atoms with Crippen LogP contribution in [0.4, 0.5) is 0 Å². The highest BCUT2D eigenvalue weighted by atomic mass is 31.2. The van der Waals surface area contributed by atoms with Crippen LogP contribution in [-0.2, 0) is 20.2 Å². The van der Waals surface area contributed by atoms with Crippen molar-refractivity contribution in [1.82, 2.24) is 4.57 Å². The van der Waals surface area contributed by atoms with E-state index >= 15 is 0 Å². The smallest absolute Gasteiger partial charge is 0.268 e. The van der Waals surface area contributed by atoms with Crippen LogP contribution >= 0.6 is 7.82 Å². The SMILES string of the molecule is C[N+](C)(C)CCOP(=O)([O-])OCCCn1cccc1. The van der Waals surface area contributed by atoms with Gasteiger partial charge in [-0.2, -0.15) is 0 Å². The zero-order valence-electron chi connectivity index (χ0n) is 11.8. The van der Waals surface area contributed by atoms with Gasteiger partial charge in [0.1, 0.15) is 13.2 Å². The molecule has 0 bridgehead atoms. The third-order valence-corrected chi connectivity index (χ3v) is 3.49.